The number of benzene rings is 3. The minimum Gasteiger partial charge on any atom is -0.458 e. The molecule has 0 saturated heterocycles. The van der Waals surface area contributed by atoms with E-state index in [9.17, 15) is 19.8 Å². The maximum Gasteiger partial charge on any atom is 0.309 e. The maximum atomic E-state index is 14.1. The fourth-order valence-electron chi connectivity index (χ4n) is 11.9. The van der Waals surface area contributed by atoms with E-state index in [4.69, 9.17) is 9.47 Å². The molecule has 0 heterocycles. The van der Waals surface area contributed by atoms with Gasteiger partial charge in [-0.1, -0.05) is 163 Å². The number of rotatable bonds is 11. The minimum atomic E-state index is -1.84. The Morgan fingerprint density at radius 1 is 0.857 bits per heavy atom. The average molecular weight is 757 g/mol. The number of hydrogen-bond donors (Lipinski definition) is 2. The first-order chi connectivity index (χ1) is 26.8. The van der Waals surface area contributed by atoms with Crippen LogP contribution in [0.3, 0.4) is 0 Å². The zero-order chi connectivity index (χ0) is 39.5. The Labute approximate surface area is 333 Å². The number of hydrogen-bond acceptors (Lipinski definition) is 6. The second-order valence-electron chi connectivity index (χ2n) is 18.7. The highest BCUT2D eigenvalue weighted by Crippen LogP contribution is 2.76. The number of carbonyl (C=O) groups excluding carboxylic acids is 2. The molecule has 0 unspecified atom stereocenters. The van der Waals surface area contributed by atoms with E-state index in [1.807, 2.05) is 74.5 Å². The van der Waals surface area contributed by atoms with Crippen molar-refractivity contribution in [2.75, 3.05) is 6.61 Å². The van der Waals surface area contributed by atoms with Crippen LogP contribution < -0.4 is 0 Å². The van der Waals surface area contributed by atoms with Gasteiger partial charge in [-0.05, 0) is 65.9 Å². The van der Waals surface area contributed by atoms with Crippen molar-refractivity contribution < 1.29 is 29.3 Å². The Morgan fingerprint density at radius 3 is 1.96 bits per heavy atom. The molecular weight excluding hydrogens is 697 g/mol. The standard InChI is InChI=1S/C50H60O6/c1-33(26-27-36-18-10-6-11-19-36)45(52)56-48-30-35(3)49(54)41(43(48)46(48,4)5)29-37(31-47(53)42(49)28-34(2)44(47)51)32-55-50(38-20-12-7-13-21-38,39-22-14-8-15-23-39)40-24-16-9-17-25-40/h7-9,12-17,20-25,28-29,33,35-36,41-43,53-54H,6,10-11,18-19,26-27,30-32H2,1-5H3/t33-,35+,41-,42+,43+,47+,48-,49+/m0/s1. The molecule has 3 aromatic rings. The zero-order valence-corrected chi connectivity index (χ0v) is 33.9. The maximum absolute atomic E-state index is 14.1. The number of aliphatic hydroxyl groups is 2. The molecule has 0 aromatic heterocycles. The lowest BCUT2D eigenvalue weighted by molar-refractivity contribution is -0.189. The largest absolute Gasteiger partial charge is 0.458 e. The normalized spacial score (nSPS) is 32.9. The number of ether oxygens (including phenoxy) is 2. The van der Waals surface area contributed by atoms with Crippen LogP contribution in [0.15, 0.2) is 114 Å². The van der Waals surface area contributed by atoms with Crippen molar-refractivity contribution in [1.29, 1.82) is 0 Å². The highest BCUT2D eigenvalue weighted by atomic mass is 16.6. The molecule has 0 radical (unpaired) electrons. The lowest BCUT2D eigenvalue weighted by Gasteiger charge is -2.50. The Kier molecular flexibility index (Phi) is 10.1. The van der Waals surface area contributed by atoms with Gasteiger partial charge in [0.1, 0.15) is 16.8 Å². The molecule has 6 heteroatoms. The summed E-state index contributed by atoms with van der Waals surface area (Å²) in [6, 6.07) is 30.5. The second-order valence-corrected chi connectivity index (χ2v) is 18.7. The van der Waals surface area contributed by atoms with E-state index in [2.05, 4.69) is 56.3 Å². The smallest absolute Gasteiger partial charge is 0.309 e. The molecular formula is C50H60O6. The topological polar surface area (TPSA) is 93.1 Å². The van der Waals surface area contributed by atoms with Gasteiger partial charge in [0.15, 0.2) is 5.78 Å². The van der Waals surface area contributed by atoms with Crippen LogP contribution in [0, 0.1) is 40.9 Å². The van der Waals surface area contributed by atoms with Gasteiger partial charge in [-0.25, -0.2) is 0 Å². The number of esters is 1. The SMILES string of the molecule is CC1=C[C@H]2[C@@]3(O)[C@H](C)C[C@]4(OC(=O)[C@@H](C)CCC5CCCCC5)[C@H]([C@@H]3C=C(COC(c3ccccc3)(c3ccccc3)c3ccccc3)C[C@]2(O)C1=O)C4(C)C. The van der Waals surface area contributed by atoms with Crippen molar-refractivity contribution in [3.63, 3.8) is 0 Å². The van der Waals surface area contributed by atoms with E-state index >= 15 is 0 Å². The van der Waals surface area contributed by atoms with E-state index < -0.39 is 39.7 Å². The van der Waals surface area contributed by atoms with Crippen LogP contribution in [0.1, 0.15) is 109 Å². The molecule has 6 nitrogen and oxygen atoms in total. The lowest BCUT2D eigenvalue weighted by Crippen LogP contribution is -2.61. The van der Waals surface area contributed by atoms with Crippen LogP contribution >= 0.6 is 0 Å². The lowest BCUT2D eigenvalue weighted by atomic mass is 9.60. The summed E-state index contributed by atoms with van der Waals surface area (Å²) in [4.78, 5) is 28.1. The molecule has 5 aliphatic carbocycles. The summed E-state index contributed by atoms with van der Waals surface area (Å²) >= 11 is 0. The molecule has 0 bridgehead atoms. The monoisotopic (exact) mass is 756 g/mol. The van der Waals surface area contributed by atoms with Crippen LogP contribution in [-0.2, 0) is 24.7 Å². The van der Waals surface area contributed by atoms with Gasteiger partial charge in [0.2, 0.25) is 0 Å². The number of carbonyl (C=O) groups is 2. The third kappa shape index (κ3) is 6.08. The van der Waals surface area contributed by atoms with Crippen molar-refractivity contribution >= 4 is 11.8 Å². The van der Waals surface area contributed by atoms with Gasteiger partial charge in [0.05, 0.1) is 18.1 Å². The Bertz CT molecular complexity index is 1880. The molecule has 2 N–H and O–H groups in total. The van der Waals surface area contributed by atoms with Gasteiger partial charge in [0, 0.05) is 29.6 Å². The minimum absolute atomic E-state index is 0.0302. The predicted octanol–water partition coefficient (Wildman–Crippen LogP) is 9.52. The van der Waals surface area contributed by atoms with Crippen LogP contribution in [0.5, 0.6) is 0 Å². The molecule has 296 valence electrons. The van der Waals surface area contributed by atoms with Crippen molar-refractivity contribution in [2.24, 2.45) is 40.9 Å². The Balaban J connectivity index is 1.17. The van der Waals surface area contributed by atoms with E-state index in [-0.39, 0.29) is 42.5 Å². The molecule has 56 heavy (non-hydrogen) atoms. The van der Waals surface area contributed by atoms with Gasteiger partial charge in [0.25, 0.3) is 0 Å². The van der Waals surface area contributed by atoms with E-state index in [0.717, 1.165) is 35.1 Å². The molecule has 0 amide bonds. The predicted molar refractivity (Wildman–Crippen MR) is 218 cm³/mol. The fourth-order valence-corrected chi connectivity index (χ4v) is 11.9. The van der Waals surface area contributed by atoms with Crippen molar-refractivity contribution in [2.45, 2.75) is 115 Å². The van der Waals surface area contributed by atoms with Gasteiger partial charge in [-0.2, -0.15) is 0 Å². The molecule has 3 fully saturated rings. The molecule has 0 spiro atoms. The summed E-state index contributed by atoms with van der Waals surface area (Å²) in [5.74, 6) is -1.94. The molecule has 5 aliphatic rings. The number of Topliss-reactive ketones (excluding diaryl/α,β-unsaturated/α-hetero) is 1. The summed E-state index contributed by atoms with van der Waals surface area (Å²) < 4.78 is 14.0. The molecule has 3 aromatic carbocycles. The third-order valence-electron chi connectivity index (χ3n) is 15.1. The van der Waals surface area contributed by atoms with Gasteiger partial charge >= 0.3 is 5.97 Å². The summed E-state index contributed by atoms with van der Waals surface area (Å²) in [6.07, 6.45) is 12.7. The zero-order valence-electron chi connectivity index (χ0n) is 33.9. The summed E-state index contributed by atoms with van der Waals surface area (Å²) in [6.45, 7) is 10.2. The summed E-state index contributed by atoms with van der Waals surface area (Å²) in [5.41, 5.74) is -1.45. The number of fused-ring (bicyclic) bond motifs is 5. The molecule has 8 atom stereocenters. The first-order valence-electron chi connectivity index (χ1n) is 21.2. The Hall–Kier alpha value is -3.84. The van der Waals surface area contributed by atoms with Crippen molar-refractivity contribution in [3.8, 4) is 0 Å². The van der Waals surface area contributed by atoms with Gasteiger partial charge < -0.3 is 19.7 Å². The van der Waals surface area contributed by atoms with Crippen LogP contribution in [-0.4, -0.2) is 45.4 Å². The highest BCUT2D eigenvalue weighted by molar-refractivity contribution is 6.04. The quantitative estimate of drug-likeness (QED) is 0.115. The second kappa shape index (κ2) is 14.5. The number of ketones is 1. The van der Waals surface area contributed by atoms with Gasteiger partial charge in [-0.15, -0.1) is 0 Å². The third-order valence-corrected chi connectivity index (χ3v) is 15.1. The molecule has 0 aliphatic heterocycles. The van der Waals surface area contributed by atoms with Crippen LogP contribution in [0.2, 0.25) is 0 Å². The molecule has 3 saturated carbocycles. The first-order valence-corrected chi connectivity index (χ1v) is 21.2. The van der Waals surface area contributed by atoms with Crippen LogP contribution in [0.4, 0.5) is 0 Å². The van der Waals surface area contributed by atoms with Crippen molar-refractivity contribution in [3.05, 3.63) is 131 Å². The first kappa shape index (κ1) is 39.0. The summed E-state index contributed by atoms with van der Waals surface area (Å²) in [5, 5.41) is 25.9. The molecule has 8 rings (SSSR count). The van der Waals surface area contributed by atoms with E-state index in [0.29, 0.717) is 17.9 Å². The van der Waals surface area contributed by atoms with E-state index in [1.165, 1.54) is 32.1 Å². The fraction of sp³-hybridized carbons (Fsp3) is 0.520. The van der Waals surface area contributed by atoms with Gasteiger partial charge in [-0.3, -0.25) is 9.59 Å². The Morgan fingerprint density at radius 2 is 1.41 bits per heavy atom. The van der Waals surface area contributed by atoms with E-state index in [1.54, 1.807) is 6.92 Å². The average Bonchev–Trinajstić information content (AvgIpc) is 3.62. The van der Waals surface area contributed by atoms with Crippen LogP contribution in [0.25, 0.3) is 0 Å². The summed E-state index contributed by atoms with van der Waals surface area (Å²) in [7, 11) is 0. The van der Waals surface area contributed by atoms with Crippen molar-refractivity contribution in [1.82, 2.24) is 0 Å². The highest BCUT2D eigenvalue weighted by Gasteiger charge is 2.83.